The standard InChI is InChI=1S/C16H27NS/c1-13-8-9-14(2)15(12-13)18-11-7-6-10-17-16(3,4)5/h8-9,12,17H,6-7,10-11H2,1-5H3. The number of rotatable bonds is 6. The van der Waals surface area contributed by atoms with Crippen molar-refractivity contribution in [1.29, 1.82) is 0 Å². The van der Waals surface area contributed by atoms with Crippen molar-refractivity contribution < 1.29 is 0 Å². The van der Waals surface area contributed by atoms with Crippen molar-refractivity contribution in [3.05, 3.63) is 29.3 Å². The van der Waals surface area contributed by atoms with Gasteiger partial charge in [0.2, 0.25) is 0 Å². The van der Waals surface area contributed by atoms with Crippen LogP contribution >= 0.6 is 11.8 Å². The molecule has 2 heteroatoms. The monoisotopic (exact) mass is 265 g/mol. The smallest absolute Gasteiger partial charge is 0.0104 e. The van der Waals surface area contributed by atoms with Crippen LogP contribution in [0.1, 0.15) is 44.7 Å². The van der Waals surface area contributed by atoms with Crippen LogP contribution in [0.4, 0.5) is 0 Å². The molecule has 0 aliphatic rings. The summed E-state index contributed by atoms with van der Waals surface area (Å²) in [6.45, 7) is 12.1. The highest BCUT2D eigenvalue weighted by molar-refractivity contribution is 7.99. The maximum atomic E-state index is 3.53. The van der Waals surface area contributed by atoms with Crippen LogP contribution in [0.25, 0.3) is 0 Å². The lowest BCUT2D eigenvalue weighted by Gasteiger charge is -2.20. The van der Waals surface area contributed by atoms with Gasteiger partial charge in [0, 0.05) is 10.4 Å². The lowest BCUT2D eigenvalue weighted by molar-refractivity contribution is 0.421. The van der Waals surface area contributed by atoms with E-state index in [-0.39, 0.29) is 5.54 Å². The quantitative estimate of drug-likeness (QED) is 0.597. The second kappa shape index (κ2) is 7.20. The van der Waals surface area contributed by atoms with Crippen molar-refractivity contribution >= 4 is 11.8 Å². The summed E-state index contributed by atoms with van der Waals surface area (Å²) < 4.78 is 0. The molecule has 1 aromatic carbocycles. The maximum absolute atomic E-state index is 3.53. The topological polar surface area (TPSA) is 12.0 Å². The lowest BCUT2D eigenvalue weighted by Crippen LogP contribution is -2.36. The first-order valence-corrected chi connectivity index (χ1v) is 7.82. The van der Waals surface area contributed by atoms with E-state index in [0.29, 0.717) is 0 Å². The van der Waals surface area contributed by atoms with Gasteiger partial charge in [0.15, 0.2) is 0 Å². The summed E-state index contributed by atoms with van der Waals surface area (Å²) in [6.07, 6.45) is 2.54. The molecule has 1 rings (SSSR count). The lowest BCUT2D eigenvalue weighted by atomic mass is 10.1. The van der Waals surface area contributed by atoms with Crippen LogP contribution in [0.3, 0.4) is 0 Å². The second-order valence-electron chi connectivity index (χ2n) is 6.00. The Morgan fingerprint density at radius 3 is 2.50 bits per heavy atom. The molecule has 0 atom stereocenters. The normalized spacial score (nSPS) is 11.8. The van der Waals surface area contributed by atoms with Gasteiger partial charge in [-0.15, -0.1) is 11.8 Å². The van der Waals surface area contributed by atoms with Gasteiger partial charge in [-0.2, -0.15) is 0 Å². The third kappa shape index (κ3) is 6.46. The molecule has 0 radical (unpaired) electrons. The molecule has 1 nitrogen and oxygen atoms in total. The van der Waals surface area contributed by atoms with Crippen LogP contribution in [-0.4, -0.2) is 17.8 Å². The summed E-state index contributed by atoms with van der Waals surface area (Å²) in [4.78, 5) is 1.44. The molecule has 0 unspecified atom stereocenters. The van der Waals surface area contributed by atoms with Gasteiger partial charge in [-0.25, -0.2) is 0 Å². The van der Waals surface area contributed by atoms with Gasteiger partial charge in [-0.1, -0.05) is 17.7 Å². The van der Waals surface area contributed by atoms with Crippen LogP contribution in [0.15, 0.2) is 23.1 Å². The number of thioether (sulfide) groups is 1. The molecule has 1 aromatic rings. The Morgan fingerprint density at radius 2 is 1.83 bits per heavy atom. The number of nitrogens with one attached hydrogen (secondary N) is 1. The van der Waals surface area contributed by atoms with Crippen molar-refractivity contribution in [3.8, 4) is 0 Å². The van der Waals surface area contributed by atoms with Gasteiger partial charge in [-0.3, -0.25) is 0 Å². The molecule has 0 aliphatic heterocycles. The van der Waals surface area contributed by atoms with E-state index in [1.165, 1.54) is 34.6 Å². The Bertz CT molecular complexity index is 366. The van der Waals surface area contributed by atoms with Gasteiger partial charge in [0.05, 0.1) is 0 Å². The van der Waals surface area contributed by atoms with E-state index in [9.17, 15) is 0 Å². The molecular formula is C16H27NS. The molecular weight excluding hydrogens is 238 g/mol. The van der Waals surface area contributed by atoms with E-state index in [4.69, 9.17) is 0 Å². The summed E-state index contributed by atoms with van der Waals surface area (Å²) in [5.74, 6) is 1.22. The van der Waals surface area contributed by atoms with Crippen molar-refractivity contribution in [2.75, 3.05) is 12.3 Å². The highest BCUT2D eigenvalue weighted by Gasteiger charge is 2.07. The average molecular weight is 265 g/mol. The van der Waals surface area contributed by atoms with Gasteiger partial charge >= 0.3 is 0 Å². The average Bonchev–Trinajstić information content (AvgIpc) is 2.26. The van der Waals surface area contributed by atoms with Gasteiger partial charge < -0.3 is 5.32 Å². The van der Waals surface area contributed by atoms with Crippen LogP contribution in [-0.2, 0) is 0 Å². The summed E-state index contributed by atoms with van der Waals surface area (Å²) in [7, 11) is 0. The predicted octanol–water partition coefficient (Wildman–Crippen LogP) is 4.56. The largest absolute Gasteiger partial charge is 0.312 e. The minimum Gasteiger partial charge on any atom is -0.312 e. The van der Waals surface area contributed by atoms with E-state index in [2.05, 4.69) is 58.1 Å². The van der Waals surface area contributed by atoms with Gasteiger partial charge in [0.1, 0.15) is 0 Å². The molecule has 0 saturated heterocycles. The van der Waals surface area contributed by atoms with Crippen LogP contribution in [0.5, 0.6) is 0 Å². The molecule has 0 aliphatic carbocycles. The Kier molecular flexibility index (Phi) is 6.24. The molecule has 18 heavy (non-hydrogen) atoms. The minimum absolute atomic E-state index is 0.250. The molecule has 0 heterocycles. The predicted molar refractivity (Wildman–Crippen MR) is 83.6 cm³/mol. The molecule has 102 valence electrons. The van der Waals surface area contributed by atoms with Crippen molar-refractivity contribution in [1.82, 2.24) is 5.32 Å². The van der Waals surface area contributed by atoms with E-state index in [1.54, 1.807) is 0 Å². The van der Waals surface area contributed by atoms with Gasteiger partial charge in [-0.05, 0) is 71.4 Å². The third-order valence-electron chi connectivity index (χ3n) is 2.83. The zero-order valence-electron chi connectivity index (χ0n) is 12.5. The first kappa shape index (κ1) is 15.6. The number of benzene rings is 1. The van der Waals surface area contributed by atoms with E-state index in [0.717, 1.165) is 6.54 Å². The Hall–Kier alpha value is -0.470. The fourth-order valence-electron chi connectivity index (χ4n) is 1.74. The van der Waals surface area contributed by atoms with Crippen molar-refractivity contribution in [2.24, 2.45) is 0 Å². The molecule has 0 saturated carbocycles. The molecule has 0 fully saturated rings. The molecule has 0 aromatic heterocycles. The summed E-state index contributed by atoms with van der Waals surface area (Å²) in [5, 5.41) is 3.53. The SMILES string of the molecule is Cc1ccc(C)c(SCCCCNC(C)(C)C)c1. The fraction of sp³-hybridized carbons (Fsp3) is 0.625. The van der Waals surface area contributed by atoms with Crippen molar-refractivity contribution in [2.45, 2.75) is 57.9 Å². The number of aryl methyl sites for hydroxylation is 2. The van der Waals surface area contributed by atoms with E-state index >= 15 is 0 Å². The Balaban J connectivity index is 2.20. The minimum atomic E-state index is 0.250. The zero-order valence-corrected chi connectivity index (χ0v) is 13.3. The fourth-order valence-corrected chi connectivity index (χ4v) is 2.87. The maximum Gasteiger partial charge on any atom is 0.0104 e. The summed E-state index contributed by atoms with van der Waals surface area (Å²) in [5.41, 5.74) is 3.01. The molecule has 0 bridgehead atoms. The van der Waals surface area contributed by atoms with Crippen LogP contribution < -0.4 is 5.32 Å². The Morgan fingerprint density at radius 1 is 1.11 bits per heavy atom. The summed E-state index contributed by atoms with van der Waals surface area (Å²) >= 11 is 1.99. The number of hydrogen-bond donors (Lipinski definition) is 1. The van der Waals surface area contributed by atoms with E-state index < -0.39 is 0 Å². The zero-order chi connectivity index (χ0) is 13.6. The first-order chi connectivity index (χ1) is 8.38. The number of unbranched alkanes of at least 4 members (excludes halogenated alkanes) is 1. The molecule has 0 spiro atoms. The van der Waals surface area contributed by atoms with E-state index in [1.807, 2.05) is 11.8 Å². The first-order valence-electron chi connectivity index (χ1n) is 6.83. The number of hydrogen-bond acceptors (Lipinski definition) is 2. The highest BCUT2D eigenvalue weighted by atomic mass is 32.2. The molecule has 1 N–H and O–H groups in total. The highest BCUT2D eigenvalue weighted by Crippen LogP contribution is 2.24. The van der Waals surface area contributed by atoms with Crippen LogP contribution in [0.2, 0.25) is 0 Å². The third-order valence-corrected chi connectivity index (χ3v) is 4.07. The van der Waals surface area contributed by atoms with Gasteiger partial charge in [0.25, 0.3) is 0 Å². The van der Waals surface area contributed by atoms with Crippen LogP contribution in [0, 0.1) is 13.8 Å². The van der Waals surface area contributed by atoms with Crippen molar-refractivity contribution in [3.63, 3.8) is 0 Å². The Labute approximate surface area is 117 Å². The molecule has 0 amide bonds. The summed E-state index contributed by atoms with van der Waals surface area (Å²) in [6, 6.07) is 6.71. The second-order valence-corrected chi connectivity index (χ2v) is 7.14.